The molecule has 82 valence electrons. The molecule has 1 aromatic rings. The van der Waals surface area contributed by atoms with E-state index in [2.05, 4.69) is 55.1 Å². The number of hydrogen-bond acceptors (Lipinski definition) is 2. The Hall–Kier alpha value is -0.860. The molecule has 0 aromatic heterocycles. The molecular formula is C13H20N2. The highest BCUT2D eigenvalue weighted by Crippen LogP contribution is 2.28. The molecule has 1 aliphatic heterocycles. The topological polar surface area (TPSA) is 6.48 Å². The van der Waals surface area contributed by atoms with E-state index < -0.39 is 0 Å². The summed E-state index contributed by atoms with van der Waals surface area (Å²) in [6.07, 6.45) is 0. The van der Waals surface area contributed by atoms with Crippen LogP contribution < -0.4 is 0 Å². The maximum Gasteiger partial charge on any atom is 0.0472 e. The van der Waals surface area contributed by atoms with Gasteiger partial charge in [-0.05, 0) is 31.8 Å². The molecule has 0 bridgehead atoms. The van der Waals surface area contributed by atoms with Gasteiger partial charge in [-0.1, -0.05) is 31.2 Å². The Morgan fingerprint density at radius 3 is 2.73 bits per heavy atom. The van der Waals surface area contributed by atoms with E-state index in [1.54, 1.807) is 0 Å². The summed E-state index contributed by atoms with van der Waals surface area (Å²) in [5.74, 6) is 0. The third-order valence-corrected chi connectivity index (χ3v) is 3.31. The van der Waals surface area contributed by atoms with Crippen LogP contribution in [0.3, 0.4) is 0 Å². The molecular weight excluding hydrogens is 184 g/mol. The SMILES string of the molecule is CCN1Cc2ccccc2C(N(C)C)C1. The first-order chi connectivity index (χ1) is 7.22. The molecule has 0 radical (unpaired) electrons. The Morgan fingerprint density at radius 1 is 1.33 bits per heavy atom. The Kier molecular flexibility index (Phi) is 3.08. The van der Waals surface area contributed by atoms with E-state index in [0.29, 0.717) is 6.04 Å². The van der Waals surface area contributed by atoms with Crippen molar-refractivity contribution in [3.63, 3.8) is 0 Å². The number of likely N-dealkylation sites (N-methyl/N-ethyl adjacent to an activating group) is 2. The van der Waals surface area contributed by atoms with Crippen LogP contribution in [0, 0.1) is 0 Å². The van der Waals surface area contributed by atoms with Crippen LogP contribution in [0.1, 0.15) is 24.1 Å². The van der Waals surface area contributed by atoms with Crippen LogP contribution in [0.15, 0.2) is 24.3 Å². The summed E-state index contributed by atoms with van der Waals surface area (Å²) in [6.45, 7) is 5.64. The molecule has 2 rings (SSSR count). The van der Waals surface area contributed by atoms with E-state index in [1.165, 1.54) is 11.1 Å². The molecule has 2 heteroatoms. The molecule has 0 N–H and O–H groups in total. The van der Waals surface area contributed by atoms with Crippen LogP contribution in [0.5, 0.6) is 0 Å². The zero-order valence-corrected chi connectivity index (χ0v) is 9.90. The lowest BCUT2D eigenvalue weighted by atomic mass is 9.95. The van der Waals surface area contributed by atoms with Crippen LogP contribution in [-0.4, -0.2) is 37.0 Å². The fourth-order valence-corrected chi connectivity index (χ4v) is 2.33. The first-order valence-corrected chi connectivity index (χ1v) is 5.69. The highest BCUT2D eigenvalue weighted by atomic mass is 15.2. The van der Waals surface area contributed by atoms with Crippen molar-refractivity contribution in [1.29, 1.82) is 0 Å². The molecule has 0 saturated carbocycles. The molecule has 0 spiro atoms. The minimum absolute atomic E-state index is 0.551. The van der Waals surface area contributed by atoms with Gasteiger partial charge in [-0.15, -0.1) is 0 Å². The van der Waals surface area contributed by atoms with E-state index in [9.17, 15) is 0 Å². The lowest BCUT2D eigenvalue weighted by molar-refractivity contribution is 0.164. The Balaban J connectivity index is 2.34. The third kappa shape index (κ3) is 2.06. The molecule has 1 heterocycles. The standard InChI is InChI=1S/C13H20N2/c1-4-15-9-11-7-5-6-8-12(11)13(10-15)14(2)3/h5-8,13H,4,9-10H2,1-3H3. The summed E-state index contributed by atoms with van der Waals surface area (Å²) >= 11 is 0. The summed E-state index contributed by atoms with van der Waals surface area (Å²) in [5, 5.41) is 0. The van der Waals surface area contributed by atoms with E-state index in [4.69, 9.17) is 0 Å². The first kappa shape index (κ1) is 10.7. The van der Waals surface area contributed by atoms with Gasteiger partial charge in [0.1, 0.15) is 0 Å². The molecule has 1 aliphatic rings. The van der Waals surface area contributed by atoms with E-state index >= 15 is 0 Å². The number of hydrogen-bond donors (Lipinski definition) is 0. The molecule has 15 heavy (non-hydrogen) atoms. The molecule has 0 saturated heterocycles. The maximum atomic E-state index is 2.51. The smallest absolute Gasteiger partial charge is 0.0472 e. The number of benzene rings is 1. The van der Waals surface area contributed by atoms with Crippen molar-refractivity contribution in [1.82, 2.24) is 9.80 Å². The summed E-state index contributed by atoms with van der Waals surface area (Å²) in [7, 11) is 4.33. The van der Waals surface area contributed by atoms with Crippen LogP contribution in [0.25, 0.3) is 0 Å². The highest BCUT2D eigenvalue weighted by Gasteiger charge is 2.25. The van der Waals surface area contributed by atoms with Gasteiger partial charge in [0, 0.05) is 19.1 Å². The van der Waals surface area contributed by atoms with Crippen LogP contribution in [-0.2, 0) is 6.54 Å². The molecule has 0 fully saturated rings. The minimum Gasteiger partial charge on any atom is -0.301 e. The van der Waals surface area contributed by atoms with E-state index in [-0.39, 0.29) is 0 Å². The van der Waals surface area contributed by atoms with Crippen molar-refractivity contribution in [3.05, 3.63) is 35.4 Å². The van der Waals surface area contributed by atoms with Crippen molar-refractivity contribution >= 4 is 0 Å². The van der Waals surface area contributed by atoms with Gasteiger partial charge in [0.05, 0.1) is 0 Å². The van der Waals surface area contributed by atoms with Gasteiger partial charge in [0.15, 0.2) is 0 Å². The molecule has 2 nitrogen and oxygen atoms in total. The minimum atomic E-state index is 0.551. The van der Waals surface area contributed by atoms with E-state index in [1.807, 2.05) is 0 Å². The quantitative estimate of drug-likeness (QED) is 0.728. The summed E-state index contributed by atoms with van der Waals surface area (Å²) < 4.78 is 0. The fourth-order valence-electron chi connectivity index (χ4n) is 2.33. The number of nitrogens with zero attached hydrogens (tertiary/aromatic N) is 2. The van der Waals surface area contributed by atoms with Gasteiger partial charge in [0.2, 0.25) is 0 Å². The van der Waals surface area contributed by atoms with Crippen molar-refractivity contribution < 1.29 is 0 Å². The molecule has 1 atom stereocenters. The van der Waals surface area contributed by atoms with Crippen molar-refractivity contribution in [3.8, 4) is 0 Å². The maximum absolute atomic E-state index is 2.51. The second-order valence-electron chi connectivity index (χ2n) is 4.51. The molecule has 0 amide bonds. The molecule has 1 aromatic carbocycles. The highest BCUT2D eigenvalue weighted by molar-refractivity contribution is 5.32. The van der Waals surface area contributed by atoms with Crippen LogP contribution >= 0.6 is 0 Å². The first-order valence-electron chi connectivity index (χ1n) is 5.69. The zero-order chi connectivity index (χ0) is 10.8. The Labute approximate surface area is 92.5 Å². The van der Waals surface area contributed by atoms with Crippen LogP contribution in [0.2, 0.25) is 0 Å². The normalized spacial score (nSPS) is 21.7. The van der Waals surface area contributed by atoms with Crippen molar-refractivity contribution in [2.24, 2.45) is 0 Å². The predicted octanol–water partition coefficient (Wildman–Crippen LogP) is 2.12. The second kappa shape index (κ2) is 4.33. The molecule has 1 unspecified atom stereocenters. The van der Waals surface area contributed by atoms with Gasteiger partial charge in [-0.25, -0.2) is 0 Å². The third-order valence-electron chi connectivity index (χ3n) is 3.31. The van der Waals surface area contributed by atoms with Crippen molar-refractivity contribution in [2.75, 3.05) is 27.2 Å². The Bertz CT molecular complexity index is 333. The van der Waals surface area contributed by atoms with Crippen molar-refractivity contribution in [2.45, 2.75) is 19.5 Å². The summed E-state index contributed by atoms with van der Waals surface area (Å²) in [4.78, 5) is 4.83. The van der Waals surface area contributed by atoms with Gasteiger partial charge < -0.3 is 4.90 Å². The lowest BCUT2D eigenvalue weighted by Gasteiger charge is -2.37. The van der Waals surface area contributed by atoms with Gasteiger partial charge >= 0.3 is 0 Å². The van der Waals surface area contributed by atoms with Crippen LogP contribution in [0.4, 0.5) is 0 Å². The second-order valence-corrected chi connectivity index (χ2v) is 4.51. The number of rotatable bonds is 2. The predicted molar refractivity (Wildman–Crippen MR) is 63.8 cm³/mol. The number of fused-ring (bicyclic) bond motifs is 1. The summed E-state index contributed by atoms with van der Waals surface area (Å²) in [6, 6.07) is 9.37. The average molecular weight is 204 g/mol. The average Bonchev–Trinajstić information content (AvgIpc) is 2.27. The van der Waals surface area contributed by atoms with E-state index in [0.717, 1.165) is 19.6 Å². The largest absolute Gasteiger partial charge is 0.301 e. The molecule has 0 aliphatic carbocycles. The van der Waals surface area contributed by atoms with Gasteiger partial charge in [-0.3, -0.25) is 4.90 Å². The summed E-state index contributed by atoms with van der Waals surface area (Å²) in [5.41, 5.74) is 3.00. The monoisotopic (exact) mass is 204 g/mol. The zero-order valence-electron chi connectivity index (χ0n) is 9.90. The lowest BCUT2D eigenvalue weighted by Crippen LogP contribution is -2.39. The van der Waals surface area contributed by atoms with Gasteiger partial charge in [0.25, 0.3) is 0 Å². The Morgan fingerprint density at radius 2 is 2.07 bits per heavy atom. The fraction of sp³-hybridized carbons (Fsp3) is 0.538. The van der Waals surface area contributed by atoms with Gasteiger partial charge in [-0.2, -0.15) is 0 Å².